The smallest absolute Gasteiger partial charge is 0.136 e. The maximum absolute atomic E-state index is 5.89. The van der Waals surface area contributed by atoms with E-state index in [0.717, 1.165) is 22.2 Å². The lowest BCUT2D eigenvalue weighted by Gasteiger charge is -2.09. The fourth-order valence-electron chi connectivity index (χ4n) is 1.90. The number of nitrogens with two attached hydrogens (primary N) is 1. The van der Waals surface area contributed by atoms with Gasteiger partial charge in [-0.3, -0.25) is 4.68 Å². The first kappa shape index (κ1) is 13.1. The summed E-state index contributed by atoms with van der Waals surface area (Å²) in [6, 6.07) is 8.55. The van der Waals surface area contributed by atoms with Crippen LogP contribution in [0.1, 0.15) is 31.7 Å². The van der Waals surface area contributed by atoms with Crippen molar-refractivity contribution in [2.75, 3.05) is 5.73 Å². The highest BCUT2D eigenvalue weighted by atomic mass is 79.9. The summed E-state index contributed by atoms with van der Waals surface area (Å²) in [7, 11) is 1.84. The summed E-state index contributed by atoms with van der Waals surface area (Å²) in [4.78, 5) is 0. The molecule has 4 heteroatoms. The first-order valence-corrected chi connectivity index (χ1v) is 6.92. The van der Waals surface area contributed by atoms with E-state index in [2.05, 4.69) is 59.1 Å². The van der Waals surface area contributed by atoms with Crippen molar-refractivity contribution in [3.8, 4) is 11.3 Å². The third-order valence-electron chi connectivity index (χ3n) is 3.40. The standard InChI is InChI=1S/C14H18BrN3/c1-4-9(2)10-5-7-11(8-6-10)13-12(15)14(16)18(3)17-13/h5-9H,4,16H2,1-3H3. The molecule has 3 nitrogen and oxygen atoms in total. The molecule has 0 radical (unpaired) electrons. The Morgan fingerprint density at radius 2 is 1.94 bits per heavy atom. The number of rotatable bonds is 3. The van der Waals surface area contributed by atoms with Crippen molar-refractivity contribution in [3.05, 3.63) is 34.3 Å². The molecule has 18 heavy (non-hydrogen) atoms. The largest absolute Gasteiger partial charge is 0.383 e. The molecule has 1 aromatic carbocycles. The van der Waals surface area contributed by atoms with Crippen molar-refractivity contribution >= 4 is 21.7 Å². The average molecular weight is 308 g/mol. The van der Waals surface area contributed by atoms with Crippen molar-refractivity contribution in [1.82, 2.24) is 9.78 Å². The van der Waals surface area contributed by atoms with Gasteiger partial charge in [-0.25, -0.2) is 0 Å². The quantitative estimate of drug-likeness (QED) is 0.933. The zero-order valence-corrected chi connectivity index (χ0v) is 12.5. The summed E-state index contributed by atoms with van der Waals surface area (Å²) < 4.78 is 2.54. The van der Waals surface area contributed by atoms with Gasteiger partial charge in [-0.05, 0) is 33.8 Å². The Kier molecular flexibility index (Phi) is 3.76. The molecule has 0 amide bonds. The van der Waals surface area contributed by atoms with Crippen molar-refractivity contribution in [2.45, 2.75) is 26.2 Å². The Labute approximate surface area is 116 Å². The number of aromatic nitrogens is 2. The summed E-state index contributed by atoms with van der Waals surface area (Å²) in [6.45, 7) is 4.44. The molecule has 2 N–H and O–H groups in total. The van der Waals surface area contributed by atoms with Gasteiger partial charge in [-0.2, -0.15) is 5.10 Å². The lowest BCUT2D eigenvalue weighted by molar-refractivity contribution is 0.733. The number of hydrogen-bond donors (Lipinski definition) is 1. The van der Waals surface area contributed by atoms with Crippen LogP contribution in [0.5, 0.6) is 0 Å². The first-order valence-electron chi connectivity index (χ1n) is 6.12. The van der Waals surface area contributed by atoms with Crippen LogP contribution in [0.25, 0.3) is 11.3 Å². The molecule has 0 aliphatic carbocycles. The molecule has 0 aliphatic rings. The summed E-state index contributed by atoms with van der Waals surface area (Å²) in [5, 5.41) is 4.42. The van der Waals surface area contributed by atoms with Crippen molar-refractivity contribution < 1.29 is 0 Å². The van der Waals surface area contributed by atoms with Crippen molar-refractivity contribution in [3.63, 3.8) is 0 Å². The normalized spacial score (nSPS) is 12.7. The second-order valence-electron chi connectivity index (χ2n) is 4.60. The van der Waals surface area contributed by atoms with Crippen molar-refractivity contribution in [1.29, 1.82) is 0 Å². The number of nitrogen functional groups attached to an aromatic ring is 1. The van der Waals surface area contributed by atoms with Crippen LogP contribution < -0.4 is 5.73 Å². The third-order valence-corrected chi connectivity index (χ3v) is 4.18. The summed E-state index contributed by atoms with van der Waals surface area (Å²) in [5.41, 5.74) is 9.23. The van der Waals surface area contributed by atoms with Gasteiger partial charge in [0.2, 0.25) is 0 Å². The second-order valence-corrected chi connectivity index (χ2v) is 5.40. The molecule has 0 saturated heterocycles. The minimum Gasteiger partial charge on any atom is -0.383 e. The Morgan fingerprint density at radius 1 is 1.33 bits per heavy atom. The van der Waals surface area contributed by atoms with Crippen LogP contribution in [0.4, 0.5) is 5.82 Å². The molecule has 0 fully saturated rings. The second kappa shape index (κ2) is 5.14. The number of hydrogen-bond acceptors (Lipinski definition) is 2. The van der Waals surface area contributed by atoms with Gasteiger partial charge in [-0.1, -0.05) is 38.1 Å². The minimum absolute atomic E-state index is 0.594. The van der Waals surface area contributed by atoms with E-state index in [1.807, 2.05) is 7.05 Å². The zero-order chi connectivity index (χ0) is 13.3. The summed E-state index contributed by atoms with van der Waals surface area (Å²) >= 11 is 3.49. The van der Waals surface area contributed by atoms with Gasteiger partial charge in [0.25, 0.3) is 0 Å². The molecule has 1 unspecified atom stereocenters. The Bertz CT molecular complexity index is 543. The van der Waals surface area contributed by atoms with E-state index >= 15 is 0 Å². The van der Waals surface area contributed by atoms with E-state index in [1.54, 1.807) is 4.68 Å². The highest BCUT2D eigenvalue weighted by Gasteiger charge is 2.13. The lowest BCUT2D eigenvalue weighted by Crippen LogP contribution is -1.97. The SMILES string of the molecule is CCC(C)c1ccc(-c2nn(C)c(N)c2Br)cc1. The fraction of sp³-hybridized carbons (Fsp3) is 0.357. The number of benzene rings is 1. The Morgan fingerprint density at radius 3 is 2.39 bits per heavy atom. The topological polar surface area (TPSA) is 43.8 Å². The predicted molar refractivity (Wildman–Crippen MR) is 79.5 cm³/mol. The maximum atomic E-state index is 5.89. The van der Waals surface area contributed by atoms with E-state index in [9.17, 15) is 0 Å². The molecule has 1 atom stereocenters. The van der Waals surface area contributed by atoms with Crippen LogP contribution in [-0.2, 0) is 7.05 Å². The van der Waals surface area contributed by atoms with Crippen LogP contribution in [0.3, 0.4) is 0 Å². The first-order chi connectivity index (χ1) is 8.54. The fourth-order valence-corrected chi connectivity index (χ4v) is 2.47. The molecule has 0 spiro atoms. The highest BCUT2D eigenvalue weighted by Crippen LogP contribution is 2.32. The molecule has 0 aliphatic heterocycles. The number of nitrogens with zero attached hydrogens (tertiary/aromatic N) is 2. The van der Waals surface area contributed by atoms with Gasteiger partial charge >= 0.3 is 0 Å². The third kappa shape index (κ3) is 2.29. The molecule has 2 aromatic rings. The van der Waals surface area contributed by atoms with Crippen LogP contribution in [0, 0.1) is 0 Å². The van der Waals surface area contributed by atoms with Crippen LogP contribution >= 0.6 is 15.9 Å². The zero-order valence-electron chi connectivity index (χ0n) is 10.9. The maximum Gasteiger partial charge on any atom is 0.136 e. The average Bonchev–Trinajstić information content (AvgIpc) is 2.66. The van der Waals surface area contributed by atoms with E-state index in [4.69, 9.17) is 5.73 Å². The molecule has 96 valence electrons. The number of halogens is 1. The predicted octanol–water partition coefficient (Wildman–Crippen LogP) is 3.95. The molecule has 1 aromatic heterocycles. The highest BCUT2D eigenvalue weighted by molar-refractivity contribution is 9.10. The van der Waals surface area contributed by atoms with Crippen LogP contribution in [0.15, 0.2) is 28.7 Å². The van der Waals surface area contributed by atoms with Gasteiger partial charge in [0, 0.05) is 12.6 Å². The van der Waals surface area contributed by atoms with Crippen LogP contribution in [-0.4, -0.2) is 9.78 Å². The van der Waals surface area contributed by atoms with Gasteiger partial charge in [0.05, 0.1) is 4.47 Å². The Balaban J connectivity index is 2.37. The molecule has 0 bridgehead atoms. The van der Waals surface area contributed by atoms with Gasteiger partial charge in [-0.15, -0.1) is 0 Å². The van der Waals surface area contributed by atoms with E-state index < -0.39 is 0 Å². The van der Waals surface area contributed by atoms with E-state index in [1.165, 1.54) is 5.56 Å². The van der Waals surface area contributed by atoms with Gasteiger partial charge in [0.1, 0.15) is 11.5 Å². The summed E-state index contributed by atoms with van der Waals surface area (Å²) in [6.07, 6.45) is 1.15. The van der Waals surface area contributed by atoms with E-state index in [-0.39, 0.29) is 0 Å². The molecule has 1 heterocycles. The lowest BCUT2D eigenvalue weighted by atomic mass is 9.97. The Hall–Kier alpha value is -1.29. The van der Waals surface area contributed by atoms with Crippen LogP contribution in [0.2, 0.25) is 0 Å². The van der Waals surface area contributed by atoms with E-state index in [0.29, 0.717) is 11.7 Å². The molecular weight excluding hydrogens is 290 g/mol. The minimum atomic E-state index is 0.594. The summed E-state index contributed by atoms with van der Waals surface area (Å²) in [5.74, 6) is 1.24. The molecule has 2 rings (SSSR count). The molecule has 0 saturated carbocycles. The number of anilines is 1. The number of aryl methyl sites for hydroxylation is 1. The van der Waals surface area contributed by atoms with Crippen molar-refractivity contribution in [2.24, 2.45) is 7.05 Å². The van der Waals surface area contributed by atoms with Gasteiger partial charge in [0.15, 0.2) is 0 Å². The monoisotopic (exact) mass is 307 g/mol. The van der Waals surface area contributed by atoms with Gasteiger partial charge < -0.3 is 5.73 Å². The molecular formula is C14H18BrN3.